The van der Waals surface area contributed by atoms with E-state index in [4.69, 9.17) is 4.74 Å². The SMILES string of the molecule is O=C1OC2(CCC(C(=O)Nc3ccn(-c4ccccc4)n3)CC2)c2ccc[n+]([O-])c21. The number of nitrogens with one attached hydrogen (secondary N) is 1. The molecule has 1 aromatic carbocycles. The molecule has 1 N–H and O–H groups in total. The first-order chi connectivity index (χ1) is 14.6. The molecule has 1 fully saturated rings. The van der Waals surface area contributed by atoms with E-state index in [1.165, 1.54) is 6.20 Å². The summed E-state index contributed by atoms with van der Waals surface area (Å²) in [5.41, 5.74) is 0.804. The number of benzene rings is 1. The number of pyridine rings is 1. The molecule has 0 atom stereocenters. The fourth-order valence-corrected chi connectivity index (χ4v) is 4.40. The highest BCUT2D eigenvalue weighted by atomic mass is 16.6. The Morgan fingerprint density at radius 1 is 1.17 bits per heavy atom. The lowest BCUT2D eigenvalue weighted by Gasteiger charge is -2.35. The monoisotopic (exact) mass is 404 g/mol. The van der Waals surface area contributed by atoms with E-state index >= 15 is 0 Å². The van der Waals surface area contributed by atoms with Gasteiger partial charge in [0.25, 0.3) is 0 Å². The molecule has 0 unspecified atom stereocenters. The number of carbonyl (C=O) groups is 2. The molecule has 1 spiro atoms. The normalized spacial score (nSPS) is 22.5. The van der Waals surface area contributed by atoms with Crippen LogP contribution in [-0.2, 0) is 15.1 Å². The molecule has 3 aromatic rings. The number of carbonyl (C=O) groups excluding carboxylic acids is 2. The first-order valence-corrected chi connectivity index (χ1v) is 9.94. The largest absolute Gasteiger partial charge is 0.618 e. The van der Waals surface area contributed by atoms with E-state index in [1.54, 1.807) is 29.1 Å². The zero-order chi connectivity index (χ0) is 20.7. The van der Waals surface area contributed by atoms with Crippen LogP contribution in [0.1, 0.15) is 41.7 Å². The highest BCUT2D eigenvalue weighted by Crippen LogP contribution is 2.47. The molecule has 8 nitrogen and oxygen atoms in total. The van der Waals surface area contributed by atoms with Crippen molar-refractivity contribution in [2.24, 2.45) is 5.92 Å². The second-order valence-electron chi connectivity index (χ2n) is 7.72. The molecule has 1 saturated carbocycles. The van der Waals surface area contributed by atoms with Crippen LogP contribution >= 0.6 is 0 Å². The van der Waals surface area contributed by atoms with Crippen LogP contribution < -0.4 is 10.0 Å². The number of aromatic nitrogens is 3. The van der Waals surface area contributed by atoms with Crippen molar-refractivity contribution in [1.82, 2.24) is 9.78 Å². The summed E-state index contributed by atoms with van der Waals surface area (Å²) in [6.45, 7) is 0. The van der Waals surface area contributed by atoms with E-state index in [9.17, 15) is 14.8 Å². The van der Waals surface area contributed by atoms with E-state index < -0.39 is 11.6 Å². The van der Waals surface area contributed by atoms with Crippen LogP contribution in [0, 0.1) is 11.1 Å². The van der Waals surface area contributed by atoms with Crippen LogP contribution in [0.5, 0.6) is 0 Å². The summed E-state index contributed by atoms with van der Waals surface area (Å²) in [5, 5.41) is 19.3. The molecule has 8 heteroatoms. The van der Waals surface area contributed by atoms with Crippen molar-refractivity contribution in [3.63, 3.8) is 0 Å². The first kappa shape index (κ1) is 18.4. The predicted octanol–water partition coefficient (Wildman–Crippen LogP) is 2.70. The Morgan fingerprint density at radius 3 is 2.70 bits per heavy atom. The molecule has 0 bridgehead atoms. The second kappa shape index (κ2) is 6.98. The average Bonchev–Trinajstić information content (AvgIpc) is 3.33. The summed E-state index contributed by atoms with van der Waals surface area (Å²) < 4.78 is 7.90. The smallest absolute Gasteiger partial charge is 0.406 e. The number of fused-ring (bicyclic) bond motifs is 2. The van der Waals surface area contributed by atoms with Gasteiger partial charge in [-0.2, -0.15) is 9.83 Å². The van der Waals surface area contributed by atoms with Crippen molar-refractivity contribution in [3.8, 4) is 5.69 Å². The van der Waals surface area contributed by atoms with Gasteiger partial charge in [0.15, 0.2) is 12.0 Å². The lowest BCUT2D eigenvalue weighted by atomic mass is 9.75. The Kier molecular flexibility index (Phi) is 4.27. The topological polar surface area (TPSA) is 100 Å². The summed E-state index contributed by atoms with van der Waals surface area (Å²) in [6.07, 6.45) is 5.23. The molecule has 1 aliphatic heterocycles. The quantitative estimate of drug-likeness (QED) is 0.411. The van der Waals surface area contributed by atoms with Crippen molar-refractivity contribution in [2.75, 3.05) is 5.32 Å². The molecular weight excluding hydrogens is 384 g/mol. The van der Waals surface area contributed by atoms with Gasteiger partial charge in [0, 0.05) is 24.2 Å². The number of rotatable bonds is 3. The van der Waals surface area contributed by atoms with Crippen LogP contribution in [0.15, 0.2) is 60.9 Å². The average molecular weight is 404 g/mol. The molecule has 30 heavy (non-hydrogen) atoms. The maximum absolute atomic E-state index is 12.8. The Morgan fingerprint density at radius 2 is 1.93 bits per heavy atom. The zero-order valence-corrected chi connectivity index (χ0v) is 16.2. The Balaban J connectivity index is 1.26. The zero-order valence-electron chi connectivity index (χ0n) is 16.2. The summed E-state index contributed by atoms with van der Waals surface area (Å²) in [7, 11) is 0. The van der Waals surface area contributed by atoms with Gasteiger partial charge < -0.3 is 15.3 Å². The molecule has 0 radical (unpaired) electrons. The fourth-order valence-electron chi connectivity index (χ4n) is 4.40. The number of para-hydroxylation sites is 1. The third-order valence-corrected chi connectivity index (χ3v) is 5.96. The number of hydrogen-bond acceptors (Lipinski definition) is 5. The summed E-state index contributed by atoms with van der Waals surface area (Å²) >= 11 is 0. The summed E-state index contributed by atoms with van der Waals surface area (Å²) in [4.78, 5) is 25.0. The van der Waals surface area contributed by atoms with Crippen molar-refractivity contribution >= 4 is 17.7 Å². The second-order valence-corrected chi connectivity index (χ2v) is 7.72. The van der Waals surface area contributed by atoms with Gasteiger partial charge in [-0.3, -0.25) is 4.79 Å². The number of nitrogens with zero attached hydrogens (tertiary/aromatic N) is 3. The van der Waals surface area contributed by atoms with E-state index in [0.29, 0.717) is 41.8 Å². The van der Waals surface area contributed by atoms with Crippen LogP contribution in [0.2, 0.25) is 0 Å². The minimum absolute atomic E-state index is 0.0619. The molecule has 1 aliphatic carbocycles. The Labute approximate surface area is 172 Å². The highest BCUT2D eigenvalue weighted by molar-refractivity contribution is 5.92. The molecule has 2 aromatic heterocycles. The maximum Gasteiger partial charge on any atom is 0.406 e. The number of ether oxygens (including phenoxy) is 1. The lowest BCUT2D eigenvalue weighted by Crippen LogP contribution is -2.37. The van der Waals surface area contributed by atoms with Gasteiger partial charge in [-0.05, 0) is 43.9 Å². The van der Waals surface area contributed by atoms with E-state index in [2.05, 4.69) is 10.4 Å². The van der Waals surface area contributed by atoms with Gasteiger partial charge in [0.05, 0.1) is 11.3 Å². The summed E-state index contributed by atoms with van der Waals surface area (Å²) in [6, 6.07) is 14.8. The third kappa shape index (κ3) is 3.01. The molecule has 2 aliphatic rings. The molecule has 152 valence electrons. The predicted molar refractivity (Wildman–Crippen MR) is 107 cm³/mol. The number of amides is 1. The highest BCUT2D eigenvalue weighted by Gasteiger charge is 2.52. The Hall–Kier alpha value is -3.68. The molecule has 3 heterocycles. The van der Waals surface area contributed by atoms with E-state index in [0.717, 1.165) is 5.69 Å². The van der Waals surface area contributed by atoms with Crippen molar-refractivity contribution in [1.29, 1.82) is 0 Å². The van der Waals surface area contributed by atoms with Gasteiger partial charge in [0.1, 0.15) is 5.60 Å². The number of hydrogen-bond donors (Lipinski definition) is 1. The van der Waals surface area contributed by atoms with Gasteiger partial charge in [-0.1, -0.05) is 18.2 Å². The van der Waals surface area contributed by atoms with Gasteiger partial charge in [0.2, 0.25) is 5.91 Å². The molecule has 0 saturated heterocycles. The molecule has 1 amide bonds. The first-order valence-electron chi connectivity index (χ1n) is 9.94. The van der Waals surface area contributed by atoms with Gasteiger partial charge in [-0.25, -0.2) is 9.48 Å². The number of esters is 1. The summed E-state index contributed by atoms with van der Waals surface area (Å²) in [5.74, 6) is -0.396. The minimum atomic E-state index is -0.800. The van der Waals surface area contributed by atoms with Crippen molar-refractivity contribution < 1.29 is 19.1 Å². The van der Waals surface area contributed by atoms with Crippen LogP contribution in [0.25, 0.3) is 5.69 Å². The minimum Gasteiger partial charge on any atom is -0.618 e. The van der Waals surface area contributed by atoms with Gasteiger partial charge >= 0.3 is 11.7 Å². The lowest BCUT2D eigenvalue weighted by molar-refractivity contribution is -0.608. The van der Waals surface area contributed by atoms with Gasteiger partial charge in [-0.15, -0.1) is 0 Å². The van der Waals surface area contributed by atoms with E-state index in [-0.39, 0.29) is 17.5 Å². The van der Waals surface area contributed by atoms with Crippen LogP contribution in [-0.4, -0.2) is 21.7 Å². The van der Waals surface area contributed by atoms with Crippen molar-refractivity contribution in [2.45, 2.75) is 31.3 Å². The number of anilines is 1. The van der Waals surface area contributed by atoms with Crippen LogP contribution in [0.3, 0.4) is 0 Å². The third-order valence-electron chi connectivity index (χ3n) is 5.96. The van der Waals surface area contributed by atoms with Crippen molar-refractivity contribution in [3.05, 3.63) is 77.4 Å². The molecule has 5 rings (SSSR count). The standard InChI is InChI=1S/C22H20N4O4/c27-20(23-18-10-14-25(24-18)16-5-2-1-3-6-16)15-8-11-22(12-9-15)17-7-4-13-26(29)19(17)21(28)30-22/h1-7,10,13-15H,8-9,11-12H2,(H,23,24,27). The molecular formula is C22H20N4O4. The maximum atomic E-state index is 12.8. The van der Waals surface area contributed by atoms with E-state index in [1.807, 2.05) is 30.3 Å². The van der Waals surface area contributed by atoms with Crippen LogP contribution in [0.4, 0.5) is 5.82 Å². The fraction of sp³-hybridized carbons (Fsp3) is 0.273. The Bertz CT molecular complexity index is 1120.